The first kappa shape index (κ1) is 15.2. The average Bonchev–Trinajstić information content (AvgIpc) is 3.31. The highest BCUT2D eigenvalue weighted by Gasteiger charge is 2.26. The second kappa shape index (κ2) is 6.20. The quantitative estimate of drug-likeness (QED) is 0.627. The summed E-state index contributed by atoms with van der Waals surface area (Å²) in [4.78, 5) is 19.0. The smallest absolute Gasteiger partial charge is 0.329 e. The van der Waals surface area contributed by atoms with E-state index in [0.717, 1.165) is 18.4 Å². The first-order valence-electron chi connectivity index (χ1n) is 7.64. The summed E-state index contributed by atoms with van der Waals surface area (Å²) in [5, 5.41) is 17.4. The van der Waals surface area contributed by atoms with E-state index < -0.39 is 4.92 Å². The molecule has 0 spiro atoms. The zero-order valence-electron chi connectivity index (χ0n) is 13.1. The fraction of sp³-hybridized carbons (Fsp3) is 0.375. The molecule has 0 bridgehead atoms. The van der Waals surface area contributed by atoms with E-state index in [-0.39, 0.29) is 23.6 Å². The lowest BCUT2D eigenvalue weighted by molar-refractivity contribution is -0.384. The fourth-order valence-corrected chi connectivity index (χ4v) is 2.45. The maximum absolute atomic E-state index is 11.1. The normalized spacial score (nSPS) is 15.0. The number of nitrogens with zero attached hydrogens (tertiary/aromatic N) is 3. The SMILES string of the molecule is Cc1ccccc1C(C)Nc1ncc([N+](=O)[O-])c(NC2CC2)n1. The molecule has 3 rings (SSSR count). The Morgan fingerprint density at radius 3 is 2.74 bits per heavy atom. The van der Waals surface area contributed by atoms with Gasteiger partial charge >= 0.3 is 5.69 Å². The average molecular weight is 313 g/mol. The molecule has 23 heavy (non-hydrogen) atoms. The number of nitrogens with one attached hydrogen (secondary N) is 2. The predicted octanol–water partition coefficient (Wildman–Crippen LogP) is 3.44. The number of hydrogen-bond donors (Lipinski definition) is 2. The molecule has 2 N–H and O–H groups in total. The number of aryl methyl sites for hydroxylation is 1. The Bertz CT molecular complexity index is 730. The maximum atomic E-state index is 11.1. The molecule has 0 amide bonds. The second-order valence-electron chi connectivity index (χ2n) is 5.83. The molecule has 0 saturated heterocycles. The van der Waals surface area contributed by atoms with Gasteiger partial charge in [0.15, 0.2) is 0 Å². The van der Waals surface area contributed by atoms with E-state index in [1.54, 1.807) is 0 Å². The van der Waals surface area contributed by atoms with Gasteiger partial charge in [-0.2, -0.15) is 4.98 Å². The van der Waals surface area contributed by atoms with Gasteiger partial charge in [-0.3, -0.25) is 10.1 Å². The molecule has 1 aliphatic rings. The molecule has 1 atom stereocenters. The van der Waals surface area contributed by atoms with Crippen LogP contribution in [0.4, 0.5) is 17.5 Å². The van der Waals surface area contributed by atoms with Crippen LogP contribution in [-0.2, 0) is 0 Å². The van der Waals surface area contributed by atoms with Crippen LogP contribution >= 0.6 is 0 Å². The molecule has 0 radical (unpaired) electrons. The van der Waals surface area contributed by atoms with Crippen LogP contribution < -0.4 is 10.6 Å². The number of anilines is 2. The van der Waals surface area contributed by atoms with Crippen molar-refractivity contribution in [3.8, 4) is 0 Å². The third-order valence-electron chi connectivity index (χ3n) is 3.88. The summed E-state index contributed by atoms with van der Waals surface area (Å²) >= 11 is 0. The summed E-state index contributed by atoms with van der Waals surface area (Å²) in [5.74, 6) is 0.668. The minimum Gasteiger partial charge on any atom is -0.361 e. The van der Waals surface area contributed by atoms with Crippen LogP contribution in [0.15, 0.2) is 30.5 Å². The molecule has 1 saturated carbocycles. The minimum atomic E-state index is -0.459. The summed E-state index contributed by atoms with van der Waals surface area (Å²) in [6.45, 7) is 4.06. The first-order valence-corrected chi connectivity index (χ1v) is 7.64. The van der Waals surface area contributed by atoms with Gasteiger partial charge in [-0.25, -0.2) is 4.98 Å². The Labute approximate surface area is 134 Å². The van der Waals surface area contributed by atoms with Crippen molar-refractivity contribution in [1.82, 2.24) is 9.97 Å². The molecule has 1 fully saturated rings. The molecular weight excluding hydrogens is 294 g/mol. The molecular formula is C16H19N5O2. The molecule has 120 valence electrons. The van der Waals surface area contributed by atoms with Gasteiger partial charge < -0.3 is 10.6 Å². The van der Waals surface area contributed by atoms with Crippen molar-refractivity contribution in [2.75, 3.05) is 10.6 Å². The van der Waals surface area contributed by atoms with Crippen LogP contribution in [0.1, 0.15) is 36.9 Å². The van der Waals surface area contributed by atoms with E-state index in [1.165, 1.54) is 11.8 Å². The zero-order valence-corrected chi connectivity index (χ0v) is 13.1. The topological polar surface area (TPSA) is 93.0 Å². The van der Waals surface area contributed by atoms with E-state index in [1.807, 2.05) is 38.1 Å². The van der Waals surface area contributed by atoms with Gasteiger partial charge in [0.05, 0.1) is 11.0 Å². The van der Waals surface area contributed by atoms with Gasteiger partial charge in [0.25, 0.3) is 0 Å². The van der Waals surface area contributed by atoms with E-state index in [0.29, 0.717) is 5.95 Å². The summed E-state index contributed by atoms with van der Waals surface area (Å²) < 4.78 is 0. The van der Waals surface area contributed by atoms with Gasteiger partial charge in [-0.15, -0.1) is 0 Å². The molecule has 7 nitrogen and oxygen atoms in total. The Morgan fingerprint density at radius 1 is 1.35 bits per heavy atom. The molecule has 1 unspecified atom stereocenters. The molecule has 1 heterocycles. The molecule has 2 aromatic rings. The van der Waals surface area contributed by atoms with Gasteiger partial charge in [0, 0.05) is 6.04 Å². The van der Waals surface area contributed by atoms with Crippen LogP contribution in [0.3, 0.4) is 0 Å². The molecule has 0 aliphatic heterocycles. The predicted molar refractivity (Wildman–Crippen MR) is 88.5 cm³/mol. The highest BCUT2D eigenvalue weighted by atomic mass is 16.6. The largest absolute Gasteiger partial charge is 0.361 e. The van der Waals surface area contributed by atoms with Crippen molar-refractivity contribution < 1.29 is 4.92 Å². The lowest BCUT2D eigenvalue weighted by Crippen LogP contribution is -2.13. The van der Waals surface area contributed by atoms with Gasteiger partial charge in [-0.05, 0) is 37.8 Å². The Morgan fingerprint density at radius 2 is 2.09 bits per heavy atom. The van der Waals surface area contributed by atoms with Crippen LogP contribution in [-0.4, -0.2) is 20.9 Å². The third-order valence-corrected chi connectivity index (χ3v) is 3.88. The van der Waals surface area contributed by atoms with Gasteiger partial charge in [0.2, 0.25) is 11.8 Å². The highest BCUT2D eigenvalue weighted by molar-refractivity contribution is 5.58. The summed E-state index contributed by atoms with van der Waals surface area (Å²) in [7, 11) is 0. The van der Waals surface area contributed by atoms with Crippen molar-refractivity contribution in [1.29, 1.82) is 0 Å². The first-order chi connectivity index (χ1) is 11.0. The number of hydrogen-bond acceptors (Lipinski definition) is 6. The van der Waals surface area contributed by atoms with E-state index >= 15 is 0 Å². The van der Waals surface area contributed by atoms with Gasteiger partial charge in [-0.1, -0.05) is 24.3 Å². The Balaban J connectivity index is 1.82. The summed E-state index contributed by atoms with van der Waals surface area (Å²) in [5.41, 5.74) is 2.22. The Kier molecular flexibility index (Phi) is 4.10. The van der Waals surface area contributed by atoms with Crippen molar-refractivity contribution in [3.63, 3.8) is 0 Å². The zero-order chi connectivity index (χ0) is 16.4. The van der Waals surface area contributed by atoms with Crippen LogP contribution in [0, 0.1) is 17.0 Å². The number of nitro groups is 1. The lowest BCUT2D eigenvalue weighted by atomic mass is 10.0. The standard InChI is InChI=1S/C16H19N5O2/c1-10-5-3-4-6-13(10)11(2)18-16-17-9-14(21(22)23)15(20-16)19-12-7-8-12/h3-6,9,11-12H,7-8H2,1-2H3,(H2,17,18,19,20). The van der Waals surface area contributed by atoms with Gasteiger partial charge in [0.1, 0.15) is 6.20 Å². The third kappa shape index (κ3) is 3.56. The fourth-order valence-electron chi connectivity index (χ4n) is 2.45. The number of rotatable bonds is 6. The second-order valence-corrected chi connectivity index (χ2v) is 5.83. The monoisotopic (exact) mass is 313 g/mol. The molecule has 7 heteroatoms. The van der Waals surface area contributed by atoms with Crippen LogP contribution in [0.5, 0.6) is 0 Å². The molecule has 1 aliphatic carbocycles. The summed E-state index contributed by atoms with van der Waals surface area (Å²) in [6, 6.07) is 8.35. The molecule has 1 aromatic heterocycles. The lowest BCUT2D eigenvalue weighted by Gasteiger charge is -2.17. The summed E-state index contributed by atoms with van der Waals surface area (Å²) in [6.07, 6.45) is 3.29. The van der Waals surface area contributed by atoms with E-state index in [9.17, 15) is 10.1 Å². The Hall–Kier alpha value is -2.70. The molecule has 1 aromatic carbocycles. The number of benzene rings is 1. The van der Waals surface area contributed by atoms with Crippen LogP contribution in [0.2, 0.25) is 0 Å². The van der Waals surface area contributed by atoms with Crippen LogP contribution in [0.25, 0.3) is 0 Å². The van der Waals surface area contributed by atoms with Crippen molar-refractivity contribution >= 4 is 17.5 Å². The van der Waals surface area contributed by atoms with Crippen molar-refractivity contribution in [2.45, 2.75) is 38.8 Å². The van der Waals surface area contributed by atoms with E-state index in [4.69, 9.17) is 0 Å². The highest BCUT2D eigenvalue weighted by Crippen LogP contribution is 2.30. The van der Waals surface area contributed by atoms with E-state index in [2.05, 4.69) is 20.6 Å². The maximum Gasteiger partial charge on any atom is 0.329 e. The number of aromatic nitrogens is 2. The van der Waals surface area contributed by atoms with Crippen molar-refractivity contribution in [2.24, 2.45) is 0 Å². The minimum absolute atomic E-state index is 0.00595. The van der Waals surface area contributed by atoms with Crippen molar-refractivity contribution in [3.05, 3.63) is 51.7 Å².